The molecule has 4 aromatic rings. The van der Waals surface area contributed by atoms with Gasteiger partial charge in [0, 0.05) is 26.6 Å². The summed E-state index contributed by atoms with van der Waals surface area (Å²) in [7, 11) is 0. The lowest BCUT2D eigenvalue weighted by Crippen LogP contribution is -2.36. The first kappa shape index (κ1) is 18.2. The van der Waals surface area contributed by atoms with E-state index >= 15 is 0 Å². The Hall–Kier alpha value is -3.17. The second kappa shape index (κ2) is 7.45. The molecule has 0 spiro atoms. The van der Waals surface area contributed by atoms with Gasteiger partial charge in [-0.25, -0.2) is 5.84 Å². The summed E-state index contributed by atoms with van der Waals surface area (Å²) in [5, 5.41) is 19.6. The van der Waals surface area contributed by atoms with Gasteiger partial charge in [-0.2, -0.15) is 8.78 Å². The number of nitrogens with two attached hydrogens (primary N) is 1. The largest absolute Gasteiger partial charge is 0.415 e. The first-order valence-electron chi connectivity index (χ1n) is 8.31. The van der Waals surface area contributed by atoms with E-state index in [0.717, 1.165) is 21.2 Å². The van der Waals surface area contributed by atoms with Crippen molar-refractivity contribution in [2.75, 3.05) is 0 Å². The molecule has 2 aromatic carbocycles. The second-order valence-corrected chi connectivity index (χ2v) is 6.98. The molecule has 6 nitrogen and oxygen atoms in total. The fourth-order valence-electron chi connectivity index (χ4n) is 2.78. The Labute approximate surface area is 162 Å². The number of aromatic nitrogens is 2. The van der Waals surface area contributed by atoms with E-state index < -0.39 is 12.3 Å². The van der Waals surface area contributed by atoms with Gasteiger partial charge in [-0.3, -0.25) is 10.4 Å². The van der Waals surface area contributed by atoms with Crippen LogP contribution in [0.4, 0.5) is 8.78 Å². The standard InChI is InChI=1S/C19H15F2N5OS/c20-16(21)19-25-24-18(27-19)12-7-5-11(6-8-12)9-26(23)17(22)14-10-28-15-4-2-1-3-13(14)15/h1-8,10,16,22H,9,23H2. The van der Waals surface area contributed by atoms with E-state index in [1.54, 1.807) is 35.6 Å². The van der Waals surface area contributed by atoms with Crippen LogP contribution < -0.4 is 5.84 Å². The van der Waals surface area contributed by atoms with Crippen molar-refractivity contribution in [2.45, 2.75) is 13.0 Å². The average Bonchev–Trinajstić information content (AvgIpc) is 3.35. The van der Waals surface area contributed by atoms with Crippen LogP contribution in [-0.2, 0) is 6.54 Å². The Morgan fingerprint density at radius 1 is 1.14 bits per heavy atom. The molecule has 0 unspecified atom stereocenters. The minimum Gasteiger partial charge on any atom is -0.415 e. The summed E-state index contributed by atoms with van der Waals surface area (Å²) in [5.41, 5.74) is 2.17. The quantitative estimate of drug-likeness (QED) is 0.222. The average molecular weight is 399 g/mol. The van der Waals surface area contributed by atoms with Gasteiger partial charge in [-0.15, -0.1) is 21.5 Å². The Morgan fingerprint density at radius 2 is 1.89 bits per heavy atom. The molecule has 142 valence electrons. The van der Waals surface area contributed by atoms with Gasteiger partial charge in [0.15, 0.2) is 0 Å². The minimum atomic E-state index is -2.80. The topological polar surface area (TPSA) is 92.0 Å². The molecule has 3 N–H and O–H groups in total. The molecule has 28 heavy (non-hydrogen) atoms. The molecule has 4 rings (SSSR count). The van der Waals surface area contributed by atoms with E-state index in [1.165, 1.54) is 5.01 Å². The predicted octanol–water partition coefficient (Wildman–Crippen LogP) is 4.59. The lowest BCUT2D eigenvalue weighted by atomic mass is 10.1. The summed E-state index contributed by atoms with van der Waals surface area (Å²) < 4.78 is 31.2. The van der Waals surface area contributed by atoms with Gasteiger partial charge in [0.1, 0.15) is 5.84 Å². The molecule has 2 heterocycles. The van der Waals surface area contributed by atoms with Crippen molar-refractivity contribution in [1.82, 2.24) is 15.2 Å². The maximum atomic E-state index is 12.6. The molecule has 0 amide bonds. The molecule has 0 saturated carbocycles. The molecule has 0 fully saturated rings. The highest BCUT2D eigenvalue weighted by Crippen LogP contribution is 2.27. The van der Waals surface area contributed by atoms with Crippen LogP contribution in [0, 0.1) is 5.41 Å². The molecule has 0 aliphatic rings. The zero-order valence-electron chi connectivity index (χ0n) is 14.5. The fraction of sp³-hybridized carbons (Fsp3) is 0.105. The smallest absolute Gasteiger partial charge is 0.314 e. The first-order valence-corrected chi connectivity index (χ1v) is 9.19. The summed E-state index contributed by atoms with van der Waals surface area (Å²) in [4.78, 5) is 0. The van der Waals surface area contributed by atoms with Crippen LogP contribution in [0.2, 0.25) is 0 Å². The van der Waals surface area contributed by atoms with Gasteiger partial charge >= 0.3 is 6.43 Å². The number of thiophene rings is 1. The van der Waals surface area contributed by atoms with Gasteiger partial charge < -0.3 is 4.42 Å². The number of halogens is 2. The maximum absolute atomic E-state index is 12.6. The molecule has 0 bridgehead atoms. The van der Waals surface area contributed by atoms with Crippen LogP contribution >= 0.6 is 11.3 Å². The summed E-state index contributed by atoms with van der Waals surface area (Å²) in [6.45, 7) is 0.315. The second-order valence-electron chi connectivity index (χ2n) is 6.07. The van der Waals surface area contributed by atoms with Gasteiger partial charge in [-0.05, 0) is 23.8 Å². The third-order valence-electron chi connectivity index (χ3n) is 4.20. The van der Waals surface area contributed by atoms with E-state index in [1.807, 2.05) is 29.6 Å². The van der Waals surface area contributed by atoms with Crippen LogP contribution in [0.5, 0.6) is 0 Å². The number of hydrogen-bond acceptors (Lipinski definition) is 6. The third kappa shape index (κ3) is 3.49. The fourth-order valence-corrected chi connectivity index (χ4v) is 3.73. The number of hydrazine groups is 1. The van der Waals surface area contributed by atoms with Crippen LogP contribution in [0.1, 0.15) is 23.4 Å². The lowest BCUT2D eigenvalue weighted by molar-refractivity contribution is 0.116. The molecule has 0 aliphatic heterocycles. The summed E-state index contributed by atoms with van der Waals surface area (Å²) in [6, 6.07) is 14.8. The third-order valence-corrected chi connectivity index (χ3v) is 5.17. The summed E-state index contributed by atoms with van der Waals surface area (Å²) in [5.74, 6) is 5.66. The van der Waals surface area contributed by atoms with Crippen LogP contribution in [0.15, 0.2) is 58.3 Å². The number of fused-ring (bicyclic) bond motifs is 1. The van der Waals surface area contributed by atoms with Crippen molar-refractivity contribution in [3.05, 3.63) is 70.9 Å². The molecule has 0 saturated heterocycles. The van der Waals surface area contributed by atoms with E-state index in [4.69, 9.17) is 15.7 Å². The van der Waals surface area contributed by atoms with E-state index in [-0.39, 0.29) is 11.7 Å². The van der Waals surface area contributed by atoms with Crippen molar-refractivity contribution in [3.8, 4) is 11.5 Å². The molecule has 9 heteroatoms. The van der Waals surface area contributed by atoms with Crippen LogP contribution in [-0.4, -0.2) is 21.0 Å². The number of alkyl halides is 2. The van der Waals surface area contributed by atoms with Crippen LogP contribution in [0.25, 0.3) is 21.5 Å². The van der Waals surface area contributed by atoms with E-state index in [2.05, 4.69) is 10.2 Å². The number of nitrogens with zero attached hydrogens (tertiary/aromatic N) is 3. The molecule has 2 aromatic heterocycles. The summed E-state index contributed by atoms with van der Waals surface area (Å²) >= 11 is 1.57. The highest BCUT2D eigenvalue weighted by molar-refractivity contribution is 7.17. The van der Waals surface area contributed by atoms with Gasteiger partial charge in [0.2, 0.25) is 5.89 Å². The molecule has 0 atom stereocenters. The highest BCUT2D eigenvalue weighted by Gasteiger charge is 2.17. The van der Waals surface area contributed by atoms with E-state index in [9.17, 15) is 8.78 Å². The van der Waals surface area contributed by atoms with Crippen LogP contribution in [0.3, 0.4) is 0 Å². The first-order chi connectivity index (χ1) is 13.5. The Balaban J connectivity index is 1.48. The number of amidine groups is 1. The van der Waals surface area contributed by atoms with Gasteiger partial charge in [0.05, 0.1) is 6.54 Å². The highest BCUT2D eigenvalue weighted by atomic mass is 32.1. The van der Waals surface area contributed by atoms with Crippen molar-refractivity contribution < 1.29 is 13.2 Å². The van der Waals surface area contributed by atoms with Crippen molar-refractivity contribution in [1.29, 1.82) is 5.41 Å². The van der Waals surface area contributed by atoms with Gasteiger partial charge in [0.25, 0.3) is 5.89 Å². The minimum absolute atomic E-state index is 0.0314. The number of hydrogen-bond donors (Lipinski definition) is 2. The molecular formula is C19H15F2N5OS. The maximum Gasteiger partial charge on any atom is 0.314 e. The molecular weight excluding hydrogens is 384 g/mol. The Morgan fingerprint density at radius 3 is 2.61 bits per heavy atom. The van der Waals surface area contributed by atoms with Crippen molar-refractivity contribution in [2.24, 2.45) is 5.84 Å². The van der Waals surface area contributed by atoms with Gasteiger partial charge in [-0.1, -0.05) is 30.3 Å². The predicted molar refractivity (Wildman–Crippen MR) is 103 cm³/mol. The number of rotatable bonds is 5. The monoisotopic (exact) mass is 399 g/mol. The SMILES string of the molecule is N=C(c1csc2ccccc12)N(N)Cc1ccc(-c2nnc(C(F)F)o2)cc1. The number of nitrogens with one attached hydrogen (secondary N) is 1. The van der Waals surface area contributed by atoms with Crippen molar-refractivity contribution in [3.63, 3.8) is 0 Å². The number of benzene rings is 2. The molecule has 0 radical (unpaired) electrons. The zero-order valence-corrected chi connectivity index (χ0v) is 15.3. The van der Waals surface area contributed by atoms with E-state index in [0.29, 0.717) is 12.1 Å². The Bertz CT molecular complexity index is 1120. The lowest BCUT2D eigenvalue weighted by Gasteiger charge is -2.19. The Kier molecular flexibility index (Phi) is 4.84. The van der Waals surface area contributed by atoms with Crippen molar-refractivity contribution >= 4 is 27.3 Å². The summed E-state index contributed by atoms with van der Waals surface area (Å²) in [6.07, 6.45) is -2.80. The molecule has 0 aliphatic carbocycles. The normalized spacial score (nSPS) is 11.3. The zero-order chi connectivity index (χ0) is 19.7.